The normalized spacial score (nSPS) is 34.6. The van der Waals surface area contributed by atoms with Gasteiger partial charge >= 0.3 is 0 Å². The number of rotatable bonds is 0. The average molecular weight is 637 g/mol. The summed E-state index contributed by atoms with van der Waals surface area (Å²) in [5.41, 5.74) is 0.216. The molecule has 0 aromatic rings. The third kappa shape index (κ3) is 13.3. The molecule has 12 heteroatoms. The van der Waals surface area contributed by atoms with Crippen LogP contribution in [0.2, 0.25) is 0 Å². The lowest BCUT2D eigenvalue weighted by molar-refractivity contribution is 0.0572. The first-order valence-corrected chi connectivity index (χ1v) is 16.1. The molecule has 0 bridgehead atoms. The molecule has 0 saturated carbocycles. The predicted molar refractivity (Wildman–Crippen MR) is 173 cm³/mol. The van der Waals surface area contributed by atoms with Crippen LogP contribution in [0.1, 0.15) is 83.1 Å². The van der Waals surface area contributed by atoms with Gasteiger partial charge in [-0.25, -0.2) is 0 Å². The van der Waals surface area contributed by atoms with Crippen molar-refractivity contribution < 1.29 is 40.9 Å². The first kappa shape index (κ1) is 41.5. The third-order valence-corrected chi connectivity index (χ3v) is 8.83. The zero-order valence-electron chi connectivity index (χ0n) is 29.6. The summed E-state index contributed by atoms with van der Waals surface area (Å²) in [6, 6.07) is 0. The highest BCUT2D eigenvalue weighted by Gasteiger charge is 2.37. The van der Waals surface area contributed by atoms with Crippen LogP contribution in [0, 0.1) is 0 Å². The van der Waals surface area contributed by atoms with E-state index in [0.29, 0.717) is 52.4 Å². The van der Waals surface area contributed by atoms with Crippen molar-refractivity contribution in [2.75, 3.05) is 52.4 Å². The fraction of sp³-hybridized carbons (Fsp3) is 1.00. The smallest absolute Gasteiger partial charge is 0.0938 e. The van der Waals surface area contributed by atoms with E-state index in [4.69, 9.17) is 0 Å². The Kier molecular flexibility index (Phi) is 15.2. The summed E-state index contributed by atoms with van der Waals surface area (Å²) in [7, 11) is 0. The van der Waals surface area contributed by atoms with Gasteiger partial charge in [0.2, 0.25) is 0 Å². The van der Waals surface area contributed by atoms with Crippen molar-refractivity contribution in [1.82, 2.24) is 19.6 Å². The molecular weight excluding hydrogens is 568 g/mol. The van der Waals surface area contributed by atoms with E-state index < -0.39 is 48.8 Å². The van der Waals surface area contributed by atoms with E-state index in [1.807, 2.05) is 0 Å². The lowest BCUT2D eigenvalue weighted by Crippen LogP contribution is -2.40. The molecule has 4 rings (SSSR count). The zero-order chi connectivity index (χ0) is 34.6. The van der Waals surface area contributed by atoms with Crippen molar-refractivity contribution in [2.45, 2.75) is 154 Å². The van der Waals surface area contributed by atoms with Crippen molar-refractivity contribution in [3.8, 4) is 0 Å². The summed E-state index contributed by atoms with van der Waals surface area (Å²) in [5.74, 6) is 0. The molecule has 0 amide bonds. The van der Waals surface area contributed by atoms with Gasteiger partial charge in [0, 0.05) is 74.5 Å². The summed E-state index contributed by atoms with van der Waals surface area (Å²) in [5, 5.41) is 73.9. The molecule has 4 heterocycles. The van der Waals surface area contributed by atoms with Gasteiger partial charge in [0.1, 0.15) is 0 Å². The lowest BCUT2D eigenvalue weighted by Gasteiger charge is -2.31. The second-order valence-electron chi connectivity index (χ2n) is 16.8. The Hall–Kier alpha value is -0.480. The quantitative estimate of drug-likeness (QED) is 0.168. The molecule has 8 N–H and O–H groups in total. The lowest BCUT2D eigenvalue weighted by atomic mass is 10.1. The van der Waals surface area contributed by atoms with E-state index in [1.54, 1.807) is 0 Å². The standard InChI is InChI=1S/4C8H17NO2/c4*1-8(2,3)9-4-6(10)7(11)5-9/h4*6-7,10-11H,4-5H2,1-3H3/t6-,7+;2*6-,7-;/m.10./s1. The summed E-state index contributed by atoms with van der Waals surface area (Å²) in [6.07, 6.45) is -4.49. The summed E-state index contributed by atoms with van der Waals surface area (Å²) in [6.45, 7) is 29.7. The third-order valence-electron chi connectivity index (χ3n) is 8.83. The van der Waals surface area contributed by atoms with Gasteiger partial charge in [0.05, 0.1) is 48.8 Å². The van der Waals surface area contributed by atoms with E-state index in [-0.39, 0.29) is 22.2 Å². The van der Waals surface area contributed by atoms with Crippen LogP contribution in [0.5, 0.6) is 0 Å². The molecule has 8 atom stereocenters. The van der Waals surface area contributed by atoms with E-state index >= 15 is 0 Å². The minimum Gasteiger partial charge on any atom is -0.389 e. The highest BCUT2D eigenvalue weighted by Crippen LogP contribution is 2.23. The summed E-state index contributed by atoms with van der Waals surface area (Å²) >= 11 is 0. The van der Waals surface area contributed by atoms with E-state index in [9.17, 15) is 40.9 Å². The van der Waals surface area contributed by atoms with Crippen LogP contribution in [0.25, 0.3) is 0 Å². The molecule has 4 saturated heterocycles. The van der Waals surface area contributed by atoms with Gasteiger partial charge in [-0.3, -0.25) is 19.6 Å². The number of hydrogen-bond acceptors (Lipinski definition) is 12. The van der Waals surface area contributed by atoms with Crippen molar-refractivity contribution in [1.29, 1.82) is 0 Å². The molecule has 0 aliphatic carbocycles. The Labute approximate surface area is 266 Å². The number of aliphatic hydroxyl groups excluding tert-OH is 8. The van der Waals surface area contributed by atoms with Crippen LogP contribution in [0.3, 0.4) is 0 Å². The van der Waals surface area contributed by atoms with Gasteiger partial charge in [-0.1, -0.05) is 0 Å². The average Bonchev–Trinajstić information content (AvgIpc) is 3.58. The minimum absolute atomic E-state index is 0.0540. The molecule has 4 aliphatic heterocycles. The second-order valence-corrected chi connectivity index (χ2v) is 16.8. The molecule has 264 valence electrons. The van der Waals surface area contributed by atoms with Crippen LogP contribution in [-0.4, -0.2) is 184 Å². The maximum absolute atomic E-state index is 9.24. The number of aliphatic hydroxyl groups is 8. The van der Waals surface area contributed by atoms with Crippen molar-refractivity contribution >= 4 is 0 Å². The fourth-order valence-electron chi connectivity index (χ4n) is 5.27. The summed E-state index contributed by atoms with van der Waals surface area (Å²) < 4.78 is 0. The molecule has 2 unspecified atom stereocenters. The SMILES string of the molecule is CC(C)(C)N1CC(O)C(O)C1.CC(C)(C)N1C[C@@H](O)[C@@H](O)C1.CC(C)(C)N1C[C@@H](O)[C@H](O)C1.CC(C)(C)N1C[C@H](O)[C@@H](O)C1. The Morgan fingerprint density at radius 2 is 0.364 bits per heavy atom. The largest absolute Gasteiger partial charge is 0.389 e. The predicted octanol–water partition coefficient (Wildman–Crippen LogP) is -0.711. The monoisotopic (exact) mass is 637 g/mol. The Morgan fingerprint density at radius 1 is 0.273 bits per heavy atom. The molecule has 0 aromatic carbocycles. The number of likely N-dealkylation sites (tertiary alicyclic amines) is 4. The highest BCUT2D eigenvalue weighted by atomic mass is 16.3. The van der Waals surface area contributed by atoms with E-state index in [2.05, 4.69) is 103 Å². The fourth-order valence-corrected chi connectivity index (χ4v) is 5.27. The first-order chi connectivity index (χ1) is 19.6. The van der Waals surface area contributed by atoms with E-state index in [0.717, 1.165) is 0 Å². The Bertz CT molecular complexity index is 662. The molecule has 0 radical (unpaired) electrons. The maximum Gasteiger partial charge on any atom is 0.0938 e. The van der Waals surface area contributed by atoms with Crippen LogP contribution in [-0.2, 0) is 0 Å². The van der Waals surface area contributed by atoms with Crippen LogP contribution in [0.4, 0.5) is 0 Å². The maximum atomic E-state index is 9.24. The van der Waals surface area contributed by atoms with Crippen LogP contribution >= 0.6 is 0 Å². The van der Waals surface area contributed by atoms with Crippen molar-refractivity contribution in [2.24, 2.45) is 0 Å². The molecule has 4 aliphatic rings. The van der Waals surface area contributed by atoms with E-state index in [1.165, 1.54) is 0 Å². The number of nitrogens with zero attached hydrogens (tertiary/aromatic N) is 4. The molecule has 44 heavy (non-hydrogen) atoms. The minimum atomic E-state index is -0.561. The van der Waals surface area contributed by atoms with Gasteiger partial charge in [0.15, 0.2) is 0 Å². The molecular formula is C32H68N4O8. The summed E-state index contributed by atoms with van der Waals surface area (Å²) in [4.78, 5) is 8.34. The van der Waals surface area contributed by atoms with Crippen LogP contribution < -0.4 is 0 Å². The topological polar surface area (TPSA) is 175 Å². The van der Waals surface area contributed by atoms with Crippen LogP contribution in [0.15, 0.2) is 0 Å². The Balaban J connectivity index is 0.000000293. The first-order valence-electron chi connectivity index (χ1n) is 16.1. The second kappa shape index (κ2) is 16.1. The van der Waals surface area contributed by atoms with Gasteiger partial charge in [0.25, 0.3) is 0 Å². The molecule has 4 fully saturated rings. The van der Waals surface area contributed by atoms with Gasteiger partial charge in [-0.15, -0.1) is 0 Å². The van der Waals surface area contributed by atoms with Gasteiger partial charge in [-0.05, 0) is 83.1 Å². The van der Waals surface area contributed by atoms with Gasteiger partial charge in [-0.2, -0.15) is 0 Å². The molecule has 0 aromatic heterocycles. The van der Waals surface area contributed by atoms with Crippen molar-refractivity contribution in [3.05, 3.63) is 0 Å². The number of hydrogen-bond donors (Lipinski definition) is 8. The highest BCUT2D eigenvalue weighted by molar-refractivity contribution is 4.92. The molecule has 0 spiro atoms. The Morgan fingerprint density at radius 3 is 0.409 bits per heavy atom. The number of β-amino-alcohol motifs (C(OH)–C–C–N with tert-alkyl or cyclic N) is 8. The van der Waals surface area contributed by atoms with Gasteiger partial charge < -0.3 is 40.9 Å². The molecule has 12 nitrogen and oxygen atoms in total. The van der Waals surface area contributed by atoms with Crippen molar-refractivity contribution in [3.63, 3.8) is 0 Å². The zero-order valence-corrected chi connectivity index (χ0v) is 29.6.